The van der Waals surface area contributed by atoms with Gasteiger partial charge in [-0.2, -0.15) is 0 Å². The Morgan fingerprint density at radius 1 is 0.426 bits per heavy atom. The van der Waals surface area contributed by atoms with Gasteiger partial charge in [-0.1, -0.05) is 191 Å². The molecule has 0 spiro atoms. The summed E-state index contributed by atoms with van der Waals surface area (Å²) in [7, 11) is 2.45. The van der Waals surface area contributed by atoms with Crippen molar-refractivity contribution in [3.05, 3.63) is 210 Å². The van der Waals surface area contributed by atoms with Crippen molar-refractivity contribution in [2.45, 2.75) is 38.5 Å². The Balaban J connectivity index is 1.13. The molecule has 0 saturated carbocycles. The van der Waals surface area contributed by atoms with E-state index in [-0.39, 0.29) is 10.8 Å². The van der Waals surface area contributed by atoms with Crippen LogP contribution in [0.2, 0.25) is 0 Å². The van der Waals surface area contributed by atoms with Gasteiger partial charge in [0, 0.05) is 39.1 Å². The highest BCUT2D eigenvalue weighted by Crippen LogP contribution is 2.56. The van der Waals surface area contributed by atoms with Crippen molar-refractivity contribution in [1.29, 1.82) is 0 Å². The zero-order valence-corrected chi connectivity index (χ0v) is 34.9. The van der Waals surface area contributed by atoms with Gasteiger partial charge in [0.1, 0.15) is 0 Å². The number of para-hydroxylation sites is 1. The predicted octanol–water partition coefficient (Wildman–Crippen LogP) is 14.0. The van der Waals surface area contributed by atoms with Crippen molar-refractivity contribution < 1.29 is 0 Å². The van der Waals surface area contributed by atoms with Gasteiger partial charge in [-0.15, -0.1) is 0 Å². The second kappa shape index (κ2) is 13.2. The maximum Gasteiger partial charge on any atom is 0.197 e. The molecule has 1 radical (unpaired) electrons. The number of hydrogen-bond donors (Lipinski definition) is 1. The van der Waals surface area contributed by atoms with E-state index in [0.717, 1.165) is 16.9 Å². The minimum absolute atomic E-state index is 0.173. The molecule has 2 nitrogen and oxygen atoms in total. The maximum absolute atomic E-state index is 4.12. The Kier molecular flexibility index (Phi) is 7.75. The first-order chi connectivity index (χ1) is 29.8. The molecule has 1 aliphatic carbocycles. The summed E-state index contributed by atoms with van der Waals surface area (Å²) in [5.41, 5.74) is 23.1. The first-order valence-corrected chi connectivity index (χ1v) is 21.5. The molecule has 0 bridgehead atoms. The van der Waals surface area contributed by atoms with Crippen molar-refractivity contribution in [3.8, 4) is 44.5 Å². The minimum atomic E-state index is -0.211. The zero-order valence-electron chi connectivity index (χ0n) is 34.9. The highest BCUT2D eigenvalue weighted by atomic mass is 15.2. The van der Waals surface area contributed by atoms with E-state index in [4.69, 9.17) is 0 Å². The fraction of sp³-hybridized carbons (Fsp3) is 0.103. The summed E-state index contributed by atoms with van der Waals surface area (Å²) >= 11 is 0. The van der Waals surface area contributed by atoms with Crippen molar-refractivity contribution in [3.63, 3.8) is 0 Å². The van der Waals surface area contributed by atoms with Crippen LogP contribution in [0, 0.1) is 0 Å². The summed E-state index contributed by atoms with van der Waals surface area (Å²) in [5.74, 6) is 0. The molecule has 0 aromatic heterocycles. The van der Waals surface area contributed by atoms with Crippen LogP contribution >= 0.6 is 0 Å². The largest absolute Gasteiger partial charge is 0.355 e. The normalized spacial score (nSPS) is 14.6. The molecule has 0 fully saturated rings. The van der Waals surface area contributed by atoms with Crippen LogP contribution in [-0.2, 0) is 10.8 Å². The predicted molar refractivity (Wildman–Crippen MR) is 259 cm³/mol. The van der Waals surface area contributed by atoms with E-state index in [1.807, 2.05) is 0 Å². The zero-order chi connectivity index (χ0) is 41.0. The van der Waals surface area contributed by atoms with Crippen LogP contribution in [0.3, 0.4) is 0 Å². The number of benzene rings is 9. The molecule has 0 saturated heterocycles. The van der Waals surface area contributed by atoms with Crippen LogP contribution in [0.5, 0.6) is 0 Å². The van der Waals surface area contributed by atoms with Crippen molar-refractivity contribution in [2.75, 3.05) is 10.2 Å². The van der Waals surface area contributed by atoms with E-state index >= 15 is 0 Å². The molecular weight excluding hydrogens is 735 g/mol. The lowest BCUT2D eigenvalue weighted by Crippen LogP contribution is -2.45. The molecule has 0 atom stereocenters. The van der Waals surface area contributed by atoms with Crippen LogP contribution in [0.25, 0.3) is 55.3 Å². The van der Waals surface area contributed by atoms with Gasteiger partial charge in [0.15, 0.2) is 7.28 Å². The summed E-state index contributed by atoms with van der Waals surface area (Å²) < 4.78 is 0. The molecule has 3 heteroatoms. The Labute approximate surface area is 359 Å². The molecule has 0 unspecified atom stereocenters. The van der Waals surface area contributed by atoms with Gasteiger partial charge in [-0.05, 0) is 108 Å². The molecule has 0 amide bonds. The molecule has 9 aromatic carbocycles. The monoisotopic (exact) mass is 779 g/mol. The number of fused-ring (bicyclic) bond motifs is 9. The fourth-order valence-corrected chi connectivity index (χ4v) is 11.0. The molecule has 2 aliphatic heterocycles. The van der Waals surface area contributed by atoms with E-state index in [1.165, 1.54) is 100.0 Å². The molecule has 289 valence electrons. The fourth-order valence-electron chi connectivity index (χ4n) is 11.0. The second-order valence-electron chi connectivity index (χ2n) is 18.0. The molecule has 1 N–H and O–H groups in total. The standard InChI is InChI=1S/C58H44BN2/c1-57(2)46-25-14-13-23-42(46)44-24-15-28-49(53(44)57)60-50-34-39(36-17-7-5-8-18-36)29-31-43(50)45-33-40(37-19-9-6-10-20-37)35-52-55(45)59-48-27-16-26-47-56(48)61(52)51-32-30-38-21-11-12-22-41(38)54(51)58(47,3)4/h5-35,60H,1-4H3. The van der Waals surface area contributed by atoms with Gasteiger partial charge >= 0.3 is 0 Å². The van der Waals surface area contributed by atoms with Gasteiger partial charge in [-0.25, -0.2) is 0 Å². The third kappa shape index (κ3) is 5.30. The van der Waals surface area contributed by atoms with Crippen LogP contribution in [0.4, 0.5) is 28.4 Å². The van der Waals surface area contributed by atoms with Crippen molar-refractivity contribution in [2.24, 2.45) is 0 Å². The summed E-state index contributed by atoms with van der Waals surface area (Å²) in [5, 5.41) is 6.70. The van der Waals surface area contributed by atoms with Crippen molar-refractivity contribution >= 4 is 57.4 Å². The summed E-state index contributed by atoms with van der Waals surface area (Å²) in [6, 6.07) is 69.6. The highest BCUT2D eigenvalue weighted by Gasteiger charge is 2.42. The third-order valence-electron chi connectivity index (χ3n) is 13.8. The molecule has 12 rings (SSSR count). The Morgan fingerprint density at radius 3 is 1.92 bits per heavy atom. The van der Waals surface area contributed by atoms with Gasteiger partial charge in [-0.3, -0.25) is 0 Å². The molecule has 2 heterocycles. The van der Waals surface area contributed by atoms with Gasteiger partial charge < -0.3 is 10.2 Å². The number of anilines is 5. The van der Waals surface area contributed by atoms with Gasteiger partial charge in [0.05, 0.1) is 5.69 Å². The van der Waals surface area contributed by atoms with Gasteiger partial charge in [0.2, 0.25) is 0 Å². The molecule has 9 aromatic rings. The van der Waals surface area contributed by atoms with E-state index < -0.39 is 0 Å². The number of hydrogen-bond acceptors (Lipinski definition) is 2. The van der Waals surface area contributed by atoms with Crippen molar-refractivity contribution in [1.82, 2.24) is 0 Å². The minimum Gasteiger partial charge on any atom is -0.355 e. The summed E-state index contributed by atoms with van der Waals surface area (Å²) in [6.45, 7) is 9.54. The van der Waals surface area contributed by atoms with Gasteiger partial charge in [0.25, 0.3) is 0 Å². The Morgan fingerprint density at radius 2 is 1.10 bits per heavy atom. The van der Waals surface area contributed by atoms with Crippen LogP contribution in [0.1, 0.15) is 49.9 Å². The van der Waals surface area contributed by atoms with E-state index in [9.17, 15) is 0 Å². The third-order valence-corrected chi connectivity index (χ3v) is 13.8. The van der Waals surface area contributed by atoms with Crippen LogP contribution < -0.4 is 21.1 Å². The topological polar surface area (TPSA) is 15.3 Å². The van der Waals surface area contributed by atoms with E-state index in [1.54, 1.807) is 0 Å². The lowest BCUT2D eigenvalue weighted by Gasteiger charge is -2.46. The number of nitrogens with zero attached hydrogens (tertiary/aromatic N) is 1. The lowest BCUT2D eigenvalue weighted by molar-refractivity contribution is 0.639. The SMILES string of the molecule is CC1(C)c2ccccc2-c2cccc(Nc3cc(-c4ccccc4)ccc3-c3cc(-c4ccccc4)cc4c3[B]c3cccc5c3N4c3ccc4ccccc4c3C5(C)C)c21. The highest BCUT2D eigenvalue weighted by molar-refractivity contribution is 6.73. The number of nitrogens with one attached hydrogen (secondary N) is 1. The Bertz CT molecular complexity index is 3250. The van der Waals surface area contributed by atoms with Crippen LogP contribution in [0.15, 0.2) is 188 Å². The average Bonchev–Trinajstić information content (AvgIpc) is 3.54. The number of rotatable bonds is 5. The smallest absolute Gasteiger partial charge is 0.197 e. The lowest BCUT2D eigenvalue weighted by atomic mass is 9.55. The van der Waals surface area contributed by atoms with E-state index in [2.05, 4.69) is 233 Å². The van der Waals surface area contributed by atoms with E-state index in [0.29, 0.717) is 0 Å². The first kappa shape index (κ1) is 35.8. The summed E-state index contributed by atoms with van der Waals surface area (Å²) in [4.78, 5) is 2.58. The second-order valence-corrected chi connectivity index (χ2v) is 18.0. The summed E-state index contributed by atoms with van der Waals surface area (Å²) in [6.07, 6.45) is 0. The van der Waals surface area contributed by atoms with Crippen LogP contribution in [-0.4, -0.2) is 7.28 Å². The molecular formula is C58H44BN2. The molecule has 61 heavy (non-hydrogen) atoms. The first-order valence-electron chi connectivity index (χ1n) is 21.5. The quantitative estimate of drug-likeness (QED) is 0.175. The molecule has 3 aliphatic rings. The average molecular weight is 780 g/mol. The Hall–Kier alpha value is -7.10. The maximum atomic E-state index is 4.12.